The Morgan fingerprint density at radius 1 is 1.70 bits per heavy atom. The third-order valence-corrected chi connectivity index (χ3v) is 1.95. The van der Waals surface area contributed by atoms with E-state index in [9.17, 15) is 0 Å². The summed E-state index contributed by atoms with van der Waals surface area (Å²) in [5.41, 5.74) is 0. The van der Waals surface area contributed by atoms with Gasteiger partial charge < -0.3 is 9.84 Å². The van der Waals surface area contributed by atoms with Crippen LogP contribution in [-0.4, -0.2) is 49.0 Å². The number of rotatable bonds is 1. The van der Waals surface area contributed by atoms with Gasteiger partial charge in [-0.05, 0) is 14.0 Å². The van der Waals surface area contributed by atoms with Crippen molar-refractivity contribution in [3.05, 3.63) is 0 Å². The van der Waals surface area contributed by atoms with E-state index in [1.165, 1.54) is 0 Å². The molecular formula is C7H15NO2. The molecule has 2 unspecified atom stereocenters. The van der Waals surface area contributed by atoms with Crippen molar-refractivity contribution < 1.29 is 9.84 Å². The molecule has 1 N–H and O–H groups in total. The first-order valence-corrected chi connectivity index (χ1v) is 3.66. The number of ether oxygens (including phenoxy) is 1. The minimum atomic E-state index is 0.198. The molecule has 0 amide bonds. The van der Waals surface area contributed by atoms with E-state index >= 15 is 0 Å². The molecule has 1 aliphatic heterocycles. The molecule has 0 aromatic heterocycles. The zero-order valence-electron chi connectivity index (χ0n) is 6.58. The van der Waals surface area contributed by atoms with Crippen LogP contribution in [-0.2, 0) is 4.74 Å². The predicted octanol–water partition coefficient (Wildman–Crippen LogP) is -0.302. The van der Waals surface area contributed by atoms with Gasteiger partial charge in [0.1, 0.15) is 0 Å². The summed E-state index contributed by atoms with van der Waals surface area (Å²) >= 11 is 0. The predicted molar refractivity (Wildman–Crippen MR) is 38.9 cm³/mol. The fraction of sp³-hybridized carbons (Fsp3) is 1.00. The van der Waals surface area contributed by atoms with E-state index in [0.29, 0.717) is 12.7 Å². The maximum atomic E-state index is 8.83. The molecule has 1 aliphatic rings. The number of nitrogens with zero attached hydrogens (tertiary/aromatic N) is 1. The lowest BCUT2D eigenvalue weighted by molar-refractivity contribution is -0.0585. The van der Waals surface area contributed by atoms with E-state index in [1.54, 1.807) is 0 Å². The van der Waals surface area contributed by atoms with Crippen LogP contribution < -0.4 is 0 Å². The second kappa shape index (κ2) is 3.32. The summed E-state index contributed by atoms with van der Waals surface area (Å²) in [4.78, 5) is 2.13. The van der Waals surface area contributed by atoms with E-state index in [1.807, 2.05) is 14.0 Å². The summed E-state index contributed by atoms with van der Waals surface area (Å²) in [5, 5.41) is 8.83. The van der Waals surface area contributed by atoms with Crippen LogP contribution in [0.3, 0.4) is 0 Å². The van der Waals surface area contributed by atoms with Gasteiger partial charge in [-0.25, -0.2) is 0 Å². The van der Waals surface area contributed by atoms with E-state index in [-0.39, 0.29) is 12.6 Å². The van der Waals surface area contributed by atoms with Gasteiger partial charge in [-0.3, -0.25) is 4.90 Å². The number of morpholine rings is 1. The summed E-state index contributed by atoms with van der Waals surface area (Å²) < 4.78 is 5.35. The number of aliphatic hydroxyl groups excluding tert-OH is 1. The van der Waals surface area contributed by atoms with Gasteiger partial charge in [-0.2, -0.15) is 0 Å². The zero-order chi connectivity index (χ0) is 7.56. The first kappa shape index (κ1) is 7.98. The number of hydrogen-bond donors (Lipinski definition) is 1. The number of aliphatic hydroxyl groups is 1. The van der Waals surface area contributed by atoms with Crippen molar-refractivity contribution in [3.8, 4) is 0 Å². The van der Waals surface area contributed by atoms with Crippen molar-refractivity contribution in [2.75, 3.05) is 26.8 Å². The van der Waals surface area contributed by atoms with Crippen LogP contribution in [0.15, 0.2) is 0 Å². The molecule has 1 rings (SSSR count). The third kappa shape index (κ3) is 1.68. The highest BCUT2D eigenvalue weighted by Gasteiger charge is 2.22. The van der Waals surface area contributed by atoms with Crippen LogP contribution in [0.5, 0.6) is 0 Å². The summed E-state index contributed by atoms with van der Waals surface area (Å²) in [6.07, 6.45) is 0.313. The first-order chi connectivity index (χ1) is 4.74. The Morgan fingerprint density at radius 2 is 2.40 bits per heavy atom. The summed E-state index contributed by atoms with van der Waals surface area (Å²) in [6, 6.07) is 0.205. The summed E-state index contributed by atoms with van der Waals surface area (Å²) in [5.74, 6) is 0. The minimum absolute atomic E-state index is 0.198. The van der Waals surface area contributed by atoms with Crippen molar-refractivity contribution in [1.29, 1.82) is 0 Å². The van der Waals surface area contributed by atoms with Gasteiger partial charge in [0, 0.05) is 6.54 Å². The lowest BCUT2D eigenvalue weighted by Crippen LogP contribution is -2.48. The van der Waals surface area contributed by atoms with Crippen molar-refractivity contribution in [3.63, 3.8) is 0 Å². The molecule has 0 saturated carbocycles. The molecule has 1 fully saturated rings. The Labute approximate surface area is 61.6 Å². The Hall–Kier alpha value is -0.120. The molecule has 0 spiro atoms. The van der Waals surface area contributed by atoms with Crippen LogP contribution in [0, 0.1) is 0 Å². The quantitative estimate of drug-likeness (QED) is 0.550. The van der Waals surface area contributed by atoms with Gasteiger partial charge in [0.25, 0.3) is 0 Å². The van der Waals surface area contributed by atoms with Crippen LogP contribution >= 0.6 is 0 Å². The van der Waals surface area contributed by atoms with Gasteiger partial charge in [0.2, 0.25) is 0 Å². The van der Waals surface area contributed by atoms with Crippen molar-refractivity contribution in [2.45, 2.75) is 19.1 Å². The molecule has 3 heteroatoms. The average Bonchev–Trinajstić information content (AvgIpc) is 1.88. The normalized spacial score (nSPS) is 36.3. The highest BCUT2D eigenvalue weighted by atomic mass is 16.5. The molecule has 0 aliphatic carbocycles. The van der Waals surface area contributed by atoms with Crippen molar-refractivity contribution in [2.24, 2.45) is 0 Å². The minimum Gasteiger partial charge on any atom is -0.395 e. The zero-order valence-corrected chi connectivity index (χ0v) is 6.58. The molecule has 2 atom stereocenters. The Bertz CT molecular complexity index is 108. The maximum absolute atomic E-state index is 8.83. The highest BCUT2D eigenvalue weighted by molar-refractivity contribution is 4.74. The van der Waals surface area contributed by atoms with Gasteiger partial charge in [-0.15, -0.1) is 0 Å². The van der Waals surface area contributed by atoms with E-state index in [4.69, 9.17) is 9.84 Å². The lowest BCUT2D eigenvalue weighted by atomic mass is 10.2. The van der Waals surface area contributed by atoms with E-state index in [0.717, 1.165) is 6.54 Å². The topological polar surface area (TPSA) is 32.7 Å². The fourth-order valence-electron chi connectivity index (χ4n) is 1.20. The van der Waals surface area contributed by atoms with Gasteiger partial charge in [0.15, 0.2) is 0 Å². The molecular weight excluding hydrogens is 130 g/mol. The van der Waals surface area contributed by atoms with Gasteiger partial charge in [0.05, 0.1) is 25.4 Å². The Morgan fingerprint density at radius 3 is 2.90 bits per heavy atom. The van der Waals surface area contributed by atoms with Crippen LogP contribution in [0.25, 0.3) is 0 Å². The standard InChI is InChI=1S/C7H15NO2/c1-6-3-8(2)7(4-9)5-10-6/h6-7,9H,3-5H2,1-2H3. The van der Waals surface area contributed by atoms with E-state index < -0.39 is 0 Å². The molecule has 1 saturated heterocycles. The van der Waals surface area contributed by atoms with E-state index in [2.05, 4.69) is 4.90 Å². The second-order valence-corrected chi connectivity index (χ2v) is 2.92. The molecule has 1 heterocycles. The maximum Gasteiger partial charge on any atom is 0.0674 e. The molecule has 0 bridgehead atoms. The molecule has 0 aromatic rings. The molecule has 60 valence electrons. The van der Waals surface area contributed by atoms with Crippen molar-refractivity contribution >= 4 is 0 Å². The highest BCUT2D eigenvalue weighted by Crippen LogP contribution is 2.07. The smallest absolute Gasteiger partial charge is 0.0674 e. The monoisotopic (exact) mass is 145 g/mol. The van der Waals surface area contributed by atoms with Gasteiger partial charge >= 0.3 is 0 Å². The molecule has 3 nitrogen and oxygen atoms in total. The Balaban J connectivity index is 2.36. The van der Waals surface area contributed by atoms with Crippen LogP contribution in [0.4, 0.5) is 0 Å². The molecule has 0 radical (unpaired) electrons. The average molecular weight is 145 g/mol. The Kier molecular flexibility index (Phi) is 2.65. The summed E-state index contributed by atoms with van der Waals surface area (Å²) in [7, 11) is 2.01. The fourth-order valence-corrected chi connectivity index (χ4v) is 1.20. The third-order valence-electron chi connectivity index (χ3n) is 1.95. The molecule has 10 heavy (non-hydrogen) atoms. The number of likely N-dealkylation sites (N-methyl/N-ethyl adjacent to an activating group) is 1. The largest absolute Gasteiger partial charge is 0.395 e. The lowest BCUT2D eigenvalue weighted by Gasteiger charge is -2.34. The second-order valence-electron chi connectivity index (χ2n) is 2.92. The van der Waals surface area contributed by atoms with Crippen LogP contribution in [0.2, 0.25) is 0 Å². The van der Waals surface area contributed by atoms with Crippen LogP contribution in [0.1, 0.15) is 6.92 Å². The summed E-state index contributed by atoms with van der Waals surface area (Å²) in [6.45, 7) is 3.83. The molecule has 0 aromatic carbocycles. The number of hydrogen-bond acceptors (Lipinski definition) is 3. The van der Waals surface area contributed by atoms with Gasteiger partial charge in [-0.1, -0.05) is 0 Å². The first-order valence-electron chi connectivity index (χ1n) is 3.66. The SMILES string of the molecule is CC1CN(C)C(CO)CO1. The van der Waals surface area contributed by atoms with Crippen molar-refractivity contribution in [1.82, 2.24) is 4.90 Å².